The van der Waals surface area contributed by atoms with E-state index in [1.54, 1.807) is 4.68 Å². The summed E-state index contributed by atoms with van der Waals surface area (Å²) in [4.78, 5) is 20.4. The summed E-state index contributed by atoms with van der Waals surface area (Å²) in [5.41, 5.74) is 3.56. The first-order chi connectivity index (χ1) is 13.9. The van der Waals surface area contributed by atoms with Crippen LogP contribution in [-0.2, 0) is 10.2 Å². The van der Waals surface area contributed by atoms with Crippen molar-refractivity contribution in [3.05, 3.63) is 66.4 Å². The zero-order valence-electron chi connectivity index (χ0n) is 16.6. The van der Waals surface area contributed by atoms with E-state index in [0.29, 0.717) is 5.82 Å². The number of amides is 1. The fourth-order valence-corrected chi connectivity index (χ4v) is 3.60. The first-order valence-electron chi connectivity index (χ1n) is 9.43. The third-order valence-electron chi connectivity index (χ3n) is 4.45. The minimum absolute atomic E-state index is 0.104. The molecule has 0 bridgehead atoms. The molecule has 1 amide bonds. The van der Waals surface area contributed by atoms with Gasteiger partial charge in [-0.05, 0) is 24.3 Å². The number of carbonyl (C=O) groups excluding carboxylic acids is 1. The zero-order chi connectivity index (χ0) is 20.4. The molecule has 0 fully saturated rings. The predicted octanol–water partition coefficient (Wildman–Crippen LogP) is 4.78. The van der Waals surface area contributed by atoms with Gasteiger partial charge in [-0.3, -0.25) is 4.79 Å². The van der Waals surface area contributed by atoms with Crippen LogP contribution in [0.2, 0.25) is 0 Å². The summed E-state index contributed by atoms with van der Waals surface area (Å²) in [5.74, 6) is 0.814. The predicted molar refractivity (Wildman–Crippen MR) is 118 cm³/mol. The van der Waals surface area contributed by atoms with Crippen LogP contribution in [0.3, 0.4) is 0 Å². The molecule has 0 spiro atoms. The topological polar surface area (TPSA) is 75.6 Å². The number of aromatic nitrogens is 4. The van der Waals surface area contributed by atoms with Crippen LogP contribution in [0, 0.1) is 0 Å². The maximum absolute atomic E-state index is 12.6. The first kappa shape index (κ1) is 19.3. The number of rotatable bonds is 5. The summed E-state index contributed by atoms with van der Waals surface area (Å²) >= 11 is 1.38. The number of aromatic amines is 1. The van der Waals surface area contributed by atoms with Crippen LogP contribution in [0.25, 0.3) is 16.7 Å². The summed E-state index contributed by atoms with van der Waals surface area (Å²) < 4.78 is 1.78. The molecule has 0 unspecified atom stereocenters. The van der Waals surface area contributed by atoms with Gasteiger partial charge in [0.2, 0.25) is 5.91 Å². The Balaban J connectivity index is 1.51. The Morgan fingerprint density at radius 3 is 2.55 bits per heavy atom. The van der Waals surface area contributed by atoms with Crippen LogP contribution in [0.5, 0.6) is 0 Å². The van der Waals surface area contributed by atoms with E-state index in [2.05, 4.69) is 36.1 Å². The minimum atomic E-state index is -0.122. The highest BCUT2D eigenvalue weighted by Gasteiger charge is 2.21. The van der Waals surface area contributed by atoms with Crippen molar-refractivity contribution in [1.82, 2.24) is 19.7 Å². The van der Waals surface area contributed by atoms with E-state index in [-0.39, 0.29) is 17.1 Å². The van der Waals surface area contributed by atoms with E-state index in [1.165, 1.54) is 11.8 Å². The monoisotopic (exact) mass is 405 g/mol. The van der Waals surface area contributed by atoms with E-state index < -0.39 is 0 Å². The summed E-state index contributed by atoms with van der Waals surface area (Å²) in [6, 6.07) is 19.6. The number of thioether (sulfide) groups is 1. The van der Waals surface area contributed by atoms with Crippen LogP contribution in [0.1, 0.15) is 26.5 Å². The summed E-state index contributed by atoms with van der Waals surface area (Å²) in [5, 5.41) is 8.46. The van der Waals surface area contributed by atoms with Crippen molar-refractivity contribution < 1.29 is 4.79 Å². The number of nitrogens with one attached hydrogen (secondary N) is 2. The SMILES string of the molecule is CC(C)(C)c1cc(NC(=O)CSc2nc3ccccc3[nH]2)n(-c2ccccc2)n1. The lowest BCUT2D eigenvalue weighted by atomic mass is 9.92. The molecule has 0 aliphatic rings. The Kier molecular flexibility index (Phi) is 5.15. The molecule has 2 N–H and O–H groups in total. The highest BCUT2D eigenvalue weighted by Crippen LogP contribution is 2.26. The molecule has 7 heteroatoms. The number of hydrogen-bond acceptors (Lipinski definition) is 4. The number of imidazole rings is 1. The molecule has 2 aromatic carbocycles. The van der Waals surface area contributed by atoms with Crippen molar-refractivity contribution in [2.75, 3.05) is 11.1 Å². The quantitative estimate of drug-likeness (QED) is 0.469. The summed E-state index contributed by atoms with van der Waals surface area (Å²) in [7, 11) is 0. The van der Waals surface area contributed by atoms with Crippen LogP contribution < -0.4 is 5.32 Å². The van der Waals surface area contributed by atoms with Crippen molar-refractivity contribution in [2.24, 2.45) is 0 Å². The molecule has 0 saturated carbocycles. The van der Waals surface area contributed by atoms with Crippen LogP contribution in [0.4, 0.5) is 5.82 Å². The highest BCUT2D eigenvalue weighted by atomic mass is 32.2. The molecule has 4 rings (SSSR count). The van der Waals surface area contributed by atoms with Gasteiger partial charge >= 0.3 is 0 Å². The van der Waals surface area contributed by atoms with E-state index in [0.717, 1.165) is 27.6 Å². The van der Waals surface area contributed by atoms with Gasteiger partial charge in [0, 0.05) is 11.5 Å². The fourth-order valence-electron chi connectivity index (χ4n) is 2.91. The van der Waals surface area contributed by atoms with Gasteiger partial charge in [0.25, 0.3) is 0 Å². The molecule has 6 nitrogen and oxygen atoms in total. The van der Waals surface area contributed by atoms with Crippen molar-refractivity contribution in [3.63, 3.8) is 0 Å². The average Bonchev–Trinajstić information content (AvgIpc) is 3.31. The number of nitrogens with zero attached hydrogens (tertiary/aromatic N) is 3. The van der Waals surface area contributed by atoms with Crippen LogP contribution in [0.15, 0.2) is 65.8 Å². The second-order valence-corrected chi connectivity index (χ2v) is 8.77. The fraction of sp³-hybridized carbons (Fsp3) is 0.227. The van der Waals surface area contributed by atoms with Gasteiger partial charge in [-0.1, -0.05) is 62.9 Å². The molecule has 0 saturated heterocycles. The smallest absolute Gasteiger partial charge is 0.236 e. The Labute approximate surface area is 173 Å². The molecule has 2 aromatic heterocycles. The van der Waals surface area contributed by atoms with Crippen molar-refractivity contribution in [1.29, 1.82) is 0 Å². The number of fused-ring (bicyclic) bond motifs is 1. The molecular formula is C22H23N5OS. The number of H-pyrrole nitrogens is 1. The van der Waals surface area contributed by atoms with Crippen LogP contribution >= 0.6 is 11.8 Å². The van der Waals surface area contributed by atoms with Gasteiger partial charge in [-0.2, -0.15) is 5.10 Å². The molecule has 4 aromatic rings. The van der Waals surface area contributed by atoms with E-state index in [4.69, 9.17) is 5.10 Å². The van der Waals surface area contributed by atoms with Gasteiger partial charge in [0.1, 0.15) is 5.82 Å². The number of benzene rings is 2. The Hall–Kier alpha value is -3.06. The molecular weight excluding hydrogens is 382 g/mol. The Morgan fingerprint density at radius 1 is 1.10 bits per heavy atom. The van der Waals surface area contributed by atoms with E-state index in [9.17, 15) is 4.79 Å². The molecule has 0 atom stereocenters. The maximum Gasteiger partial charge on any atom is 0.236 e. The van der Waals surface area contributed by atoms with Gasteiger partial charge in [-0.25, -0.2) is 9.67 Å². The van der Waals surface area contributed by atoms with E-state index >= 15 is 0 Å². The Bertz CT molecular complexity index is 1110. The average molecular weight is 406 g/mol. The third kappa shape index (κ3) is 4.35. The molecule has 148 valence electrons. The highest BCUT2D eigenvalue weighted by molar-refractivity contribution is 7.99. The largest absolute Gasteiger partial charge is 0.333 e. The van der Waals surface area contributed by atoms with Gasteiger partial charge in [0.15, 0.2) is 5.16 Å². The lowest BCUT2D eigenvalue weighted by Crippen LogP contribution is -2.17. The van der Waals surface area contributed by atoms with Crippen molar-refractivity contribution in [2.45, 2.75) is 31.3 Å². The summed E-state index contributed by atoms with van der Waals surface area (Å²) in [6.07, 6.45) is 0. The second-order valence-electron chi connectivity index (χ2n) is 7.81. The molecule has 0 aliphatic heterocycles. The number of carbonyl (C=O) groups is 1. The Morgan fingerprint density at radius 2 is 1.83 bits per heavy atom. The summed E-state index contributed by atoms with van der Waals surface area (Å²) in [6.45, 7) is 6.31. The normalized spacial score (nSPS) is 11.7. The second kappa shape index (κ2) is 7.75. The van der Waals surface area contributed by atoms with Gasteiger partial charge < -0.3 is 10.3 Å². The third-order valence-corrected chi connectivity index (χ3v) is 5.33. The first-order valence-corrected chi connectivity index (χ1v) is 10.4. The van der Waals surface area contributed by atoms with Crippen molar-refractivity contribution >= 4 is 34.5 Å². The van der Waals surface area contributed by atoms with E-state index in [1.807, 2.05) is 60.7 Å². The lowest BCUT2D eigenvalue weighted by molar-refractivity contribution is -0.113. The number of anilines is 1. The lowest BCUT2D eigenvalue weighted by Gasteiger charge is -2.14. The maximum atomic E-state index is 12.6. The molecule has 29 heavy (non-hydrogen) atoms. The van der Waals surface area contributed by atoms with Gasteiger partial charge in [0.05, 0.1) is 28.2 Å². The molecule has 0 aliphatic carbocycles. The van der Waals surface area contributed by atoms with Crippen molar-refractivity contribution in [3.8, 4) is 5.69 Å². The van der Waals surface area contributed by atoms with Gasteiger partial charge in [-0.15, -0.1) is 0 Å². The standard InChI is InChI=1S/C22H23N5OS/c1-22(2,3)18-13-19(27(26-18)15-9-5-4-6-10-15)25-20(28)14-29-21-23-16-11-7-8-12-17(16)24-21/h4-13H,14H2,1-3H3,(H,23,24)(H,25,28). The molecule has 0 radical (unpaired) electrons. The molecule has 2 heterocycles. The zero-order valence-corrected chi connectivity index (χ0v) is 17.5. The van der Waals surface area contributed by atoms with Crippen LogP contribution in [-0.4, -0.2) is 31.4 Å². The number of hydrogen-bond donors (Lipinski definition) is 2. The minimum Gasteiger partial charge on any atom is -0.333 e. The number of para-hydroxylation sites is 3.